The van der Waals surface area contributed by atoms with Gasteiger partial charge in [0, 0.05) is 37.6 Å². The molecule has 102 valence electrons. The summed E-state index contributed by atoms with van der Waals surface area (Å²) >= 11 is 0. The van der Waals surface area contributed by atoms with Gasteiger partial charge in [0.15, 0.2) is 0 Å². The van der Waals surface area contributed by atoms with Gasteiger partial charge in [0.25, 0.3) is 0 Å². The monoisotopic (exact) mass is 258 g/mol. The summed E-state index contributed by atoms with van der Waals surface area (Å²) in [5.41, 5.74) is 3.14. The summed E-state index contributed by atoms with van der Waals surface area (Å²) in [5.74, 6) is 0. The van der Waals surface area contributed by atoms with Crippen LogP contribution in [0.1, 0.15) is 26.3 Å². The number of aromatic nitrogens is 2. The fraction of sp³-hybridized carbons (Fsp3) is 0.467. The maximum absolute atomic E-state index is 4.42. The van der Waals surface area contributed by atoms with Gasteiger partial charge in [-0.1, -0.05) is 26.0 Å². The van der Waals surface area contributed by atoms with E-state index in [4.69, 9.17) is 0 Å². The van der Waals surface area contributed by atoms with Gasteiger partial charge in [-0.15, -0.1) is 0 Å². The van der Waals surface area contributed by atoms with E-state index >= 15 is 0 Å². The quantitative estimate of drug-likeness (QED) is 0.833. The third-order valence-corrected chi connectivity index (χ3v) is 3.06. The lowest BCUT2D eigenvalue weighted by atomic mass is 10.1. The molecule has 0 radical (unpaired) electrons. The Kier molecular flexibility index (Phi) is 4.82. The van der Waals surface area contributed by atoms with E-state index in [9.17, 15) is 0 Å². The Labute approximate surface area is 114 Å². The van der Waals surface area contributed by atoms with Crippen molar-refractivity contribution in [2.24, 2.45) is 0 Å². The molecule has 0 aliphatic carbocycles. The molecule has 0 aliphatic heterocycles. The van der Waals surface area contributed by atoms with Crippen LogP contribution in [0.5, 0.6) is 0 Å². The molecule has 2 aromatic rings. The van der Waals surface area contributed by atoms with Crippen LogP contribution >= 0.6 is 0 Å². The summed E-state index contributed by atoms with van der Waals surface area (Å²) in [6.45, 7) is 8.29. The molecule has 0 saturated carbocycles. The molecule has 0 bridgehead atoms. The summed E-state index contributed by atoms with van der Waals surface area (Å²) in [7, 11) is 0. The lowest BCUT2D eigenvalue weighted by molar-refractivity contribution is 0.474. The number of fused-ring (bicyclic) bond motifs is 1. The molecule has 0 aliphatic rings. The van der Waals surface area contributed by atoms with Crippen molar-refractivity contribution in [2.75, 3.05) is 6.54 Å². The Morgan fingerprint density at radius 1 is 1.05 bits per heavy atom. The number of hydrogen-bond acceptors (Lipinski definition) is 4. The summed E-state index contributed by atoms with van der Waals surface area (Å²) in [6.07, 6.45) is 3.48. The second kappa shape index (κ2) is 6.59. The number of rotatable bonds is 6. The number of nitrogens with one attached hydrogen (secondary N) is 2. The van der Waals surface area contributed by atoms with Crippen molar-refractivity contribution in [3.8, 4) is 0 Å². The fourth-order valence-electron chi connectivity index (χ4n) is 1.96. The standard InChI is InChI=1S/C15H22N4/c1-11(2)18-9-12(3)19-10-13-5-4-6-14-15(13)17-8-7-16-14/h4-8,11-12,18-19H,9-10H2,1-3H3. The van der Waals surface area contributed by atoms with E-state index in [0.717, 1.165) is 24.1 Å². The van der Waals surface area contributed by atoms with E-state index in [1.807, 2.05) is 12.1 Å². The highest BCUT2D eigenvalue weighted by Gasteiger charge is 2.05. The first-order valence-corrected chi connectivity index (χ1v) is 6.82. The molecule has 1 aromatic carbocycles. The molecule has 19 heavy (non-hydrogen) atoms. The summed E-state index contributed by atoms with van der Waals surface area (Å²) < 4.78 is 0. The topological polar surface area (TPSA) is 49.8 Å². The van der Waals surface area contributed by atoms with Crippen LogP contribution < -0.4 is 10.6 Å². The fourth-order valence-corrected chi connectivity index (χ4v) is 1.96. The first-order chi connectivity index (χ1) is 9.16. The van der Waals surface area contributed by atoms with Crippen LogP contribution in [0.2, 0.25) is 0 Å². The third-order valence-electron chi connectivity index (χ3n) is 3.06. The summed E-state index contributed by atoms with van der Waals surface area (Å²) in [5, 5.41) is 6.94. The predicted molar refractivity (Wildman–Crippen MR) is 79.0 cm³/mol. The van der Waals surface area contributed by atoms with Crippen molar-refractivity contribution < 1.29 is 0 Å². The molecule has 4 nitrogen and oxygen atoms in total. The Morgan fingerprint density at radius 3 is 2.63 bits per heavy atom. The average molecular weight is 258 g/mol. The van der Waals surface area contributed by atoms with E-state index in [1.165, 1.54) is 5.56 Å². The van der Waals surface area contributed by atoms with Crippen LogP contribution in [0.25, 0.3) is 11.0 Å². The van der Waals surface area contributed by atoms with Crippen molar-refractivity contribution in [3.05, 3.63) is 36.2 Å². The number of benzene rings is 1. The zero-order valence-corrected chi connectivity index (χ0v) is 11.9. The highest BCUT2D eigenvalue weighted by molar-refractivity contribution is 5.77. The highest BCUT2D eigenvalue weighted by Crippen LogP contribution is 2.13. The van der Waals surface area contributed by atoms with Gasteiger partial charge >= 0.3 is 0 Å². The minimum atomic E-state index is 0.425. The van der Waals surface area contributed by atoms with Crippen molar-refractivity contribution >= 4 is 11.0 Å². The molecule has 0 fully saturated rings. The Hall–Kier alpha value is -1.52. The van der Waals surface area contributed by atoms with Crippen molar-refractivity contribution in [1.82, 2.24) is 20.6 Å². The van der Waals surface area contributed by atoms with Crippen LogP contribution in [-0.4, -0.2) is 28.6 Å². The van der Waals surface area contributed by atoms with Crippen LogP contribution in [0, 0.1) is 0 Å². The Morgan fingerprint density at radius 2 is 1.84 bits per heavy atom. The summed E-state index contributed by atoms with van der Waals surface area (Å²) in [4.78, 5) is 8.74. The average Bonchev–Trinajstić information content (AvgIpc) is 2.42. The van der Waals surface area contributed by atoms with Gasteiger partial charge in [-0.2, -0.15) is 0 Å². The molecule has 0 saturated heterocycles. The largest absolute Gasteiger partial charge is 0.313 e. The van der Waals surface area contributed by atoms with Gasteiger partial charge in [0.05, 0.1) is 11.0 Å². The molecule has 1 atom stereocenters. The Bertz CT molecular complexity index is 519. The number of para-hydroxylation sites is 1. The molecular weight excluding hydrogens is 236 g/mol. The first-order valence-electron chi connectivity index (χ1n) is 6.82. The molecule has 4 heteroatoms. The molecule has 2 N–H and O–H groups in total. The number of hydrogen-bond donors (Lipinski definition) is 2. The number of nitrogens with zero attached hydrogens (tertiary/aromatic N) is 2. The predicted octanol–water partition coefficient (Wildman–Crippen LogP) is 2.11. The van der Waals surface area contributed by atoms with Crippen molar-refractivity contribution in [1.29, 1.82) is 0 Å². The van der Waals surface area contributed by atoms with Gasteiger partial charge in [-0.3, -0.25) is 9.97 Å². The zero-order chi connectivity index (χ0) is 13.7. The first kappa shape index (κ1) is 13.9. The van der Waals surface area contributed by atoms with E-state index in [1.54, 1.807) is 12.4 Å². The van der Waals surface area contributed by atoms with Crippen molar-refractivity contribution in [3.63, 3.8) is 0 Å². The molecule has 2 rings (SSSR count). The zero-order valence-electron chi connectivity index (χ0n) is 11.9. The minimum Gasteiger partial charge on any atom is -0.313 e. The second-order valence-corrected chi connectivity index (χ2v) is 5.19. The van der Waals surface area contributed by atoms with E-state index in [0.29, 0.717) is 12.1 Å². The van der Waals surface area contributed by atoms with Crippen LogP contribution in [0.15, 0.2) is 30.6 Å². The van der Waals surface area contributed by atoms with Gasteiger partial charge in [-0.25, -0.2) is 0 Å². The Balaban J connectivity index is 1.98. The summed E-state index contributed by atoms with van der Waals surface area (Å²) in [6, 6.07) is 7.08. The molecular formula is C15H22N4. The van der Waals surface area contributed by atoms with Gasteiger partial charge < -0.3 is 10.6 Å². The van der Waals surface area contributed by atoms with Gasteiger partial charge in [0.1, 0.15) is 0 Å². The molecule has 0 amide bonds. The van der Waals surface area contributed by atoms with Gasteiger partial charge in [0.2, 0.25) is 0 Å². The van der Waals surface area contributed by atoms with Crippen molar-refractivity contribution in [2.45, 2.75) is 39.4 Å². The van der Waals surface area contributed by atoms with E-state index in [2.05, 4.69) is 47.4 Å². The minimum absolute atomic E-state index is 0.425. The lowest BCUT2D eigenvalue weighted by Gasteiger charge is -2.17. The SMILES string of the molecule is CC(C)NCC(C)NCc1cccc2nccnc12. The highest BCUT2D eigenvalue weighted by atomic mass is 15.0. The van der Waals surface area contributed by atoms with Crippen LogP contribution in [-0.2, 0) is 6.54 Å². The lowest BCUT2D eigenvalue weighted by Crippen LogP contribution is -2.38. The van der Waals surface area contributed by atoms with Crippen LogP contribution in [0.4, 0.5) is 0 Å². The maximum Gasteiger partial charge on any atom is 0.0931 e. The van der Waals surface area contributed by atoms with E-state index < -0.39 is 0 Å². The van der Waals surface area contributed by atoms with E-state index in [-0.39, 0.29) is 0 Å². The molecule has 0 spiro atoms. The van der Waals surface area contributed by atoms with Gasteiger partial charge in [-0.05, 0) is 18.6 Å². The second-order valence-electron chi connectivity index (χ2n) is 5.19. The normalized spacial score (nSPS) is 13.1. The van der Waals surface area contributed by atoms with Crippen LogP contribution in [0.3, 0.4) is 0 Å². The third kappa shape index (κ3) is 3.98. The molecule has 1 aromatic heterocycles. The molecule has 1 heterocycles. The molecule has 1 unspecified atom stereocenters. The maximum atomic E-state index is 4.42. The smallest absolute Gasteiger partial charge is 0.0931 e.